The van der Waals surface area contributed by atoms with Crippen LogP contribution >= 0.6 is 0 Å². The van der Waals surface area contributed by atoms with Gasteiger partial charge in [0.05, 0.1) is 17.7 Å². The molecule has 2 N–H and O–H groups in total. The fourth-order valence-electron chi connectivity index (χ4n) is 3.67. The number of carbonyl (C=O) groups is 2. The second kappa shape index (κ2) is 8.82. The van der Waals surface area contributed by atoms with Crippen LogP contribution in [0, 0.1) is 24.1 Å². The number of nitrogens with zero attached hydrogens (tertiary/aromatic N) is 3. The second-order valence-corrected chi connectivity index (χ2v) is 8.09. The van der Waals surface area contributed by atoms with E-state index >= 15 is 0 Å². The molecule has 0 spiro atoms. The quantitative estimate of drug-likeness (QED) is 0.571. The van der Waals surface area contributed by atoms with Gasteiger partial charge in [-0.05, 0) is 49.4 Å². The lowest BCUT2D eigenvalue weighted by Crippen LogP contribution is -2.49. The van der Waals surface area contributed by atoms with Gasteiger partial charge in [-0.2, -0.15) is 10.2 Å². The molecule has 1 atom stereocenters. The first kappa shape index (κ1) is 22.1. The van der Waals surface area contributed by atoms with E-state index in [4.69, 9.17) is 9.78 Å². The number of rotatable bonds is 7. The molecule has 0 unspecified atom stereocenters. The summed E-state index contributed by atoms with van der Waals surface area (Å²) in [4.78, 5) is 28.6. The first-order valence-corrected chi connectivity index (χ1v) is 10.5. The maximum absolute atomic E-state index is 14.6. The highest BCUT2D eigenvalue weighted by Gasteiger charge is 2.51. The number of hydrogen-bond donors (Lipinski definition) is 2. The fraction of sp³-hybridized carbons (Fsp3) is 0.292. The van der Waals surface area contributed by atoms with Crippen molar-refractivity contribution >= 4 is 11.8 Å². The maximum atomic E-state index is 14.6. The number of nitriles is 1. The van der Waals surface area contributed by atoms with Gasteiger partial charge in [0.25, 0.3) is 5.89 Å². The van der Waals surface area contributed by atoms with Gasteiger partial charge in [-0.15, -0.1) is 0 Å². The first-order chi connectivity index (χ1) is 15.8. The SMILES string of the molecule is Cc1noc(-c2c(F)cccc2-c2ccc([C@@H](C)NC(=O)C3(NC(=O)CC#N)CC3)cc2)n1. The Balaban J connectivity index is 1.51. The minimum absolute atomic E-state index is 0.110. The number of hydrogen-bond acceptors (Lipinski definition) is 6. The van der Waals surface area contributed by atoms with Gasteiger partial charge in [0, 0.05) is 0 Å². The van der Waals surface area contributed by atoms with Crippen molar-refractivity contribution in [3.8, 4) is 28.7 Å². The average Bonchev–Trinajstić information content (AvgIpc) is 3.45. The van der Waals surface area contributed by atoms with E-state index in [0.717, 1.165) is 11.1 Å². The van der Waals surface area contributed by atoms with Crippen molar-refractivity contribution in [3.05, 3.63) is 59.7 Å². The van der Waals surface area contributed by atoms with E-state index in [1.165, 1.54) is 6.07 Å². The third kappa shape index (κ3) is 4.60. The molecular weight excluding hydrogens is 425 g/mol. The van der Waals surface area contributed by atoms with Crippen molar-refractivity contribution in [2.24, 2.45) is 0 Å². The molecular formula is C24H22FN5O3. The van der Waals surface area contributed by atoms with Crippen molar-refractivity contribution in [1.29, 1.82) is 5.26 Å². The van der Waals surface area contributed by atoms with Crippen LogP contribution in [0.3, 0.4) is 0 Å². The highest BCUT2D eigenvalue weighted by molar-refractivity contribution is 5.94. The third-order valence-electron chi connectivity index (χ3n) is 5.63. The number of amides is 2. The van der Waals surface area contributed by atoms with Crippen LogP contribution in [0.25, 0.3) is 22.6 Å². The third-order valence-corrected chi connectivity index (χ3v) is 5.63. The lowest BCUT2D eigenvalue weighted by Gasteiger charge is -2.21. The summed E-state index contributed by atoms with van der Waals surface area (Å²) in [5.74, 6) is -0.669. The van der Waals surface area contributed by atoms with Crippen LogP contribution in [-0.4, -0.2) is 27.5 Å². The molecule has 33 heavy (non-hydrogen) atoms. The molecule has 1 heterocycles. The molecule has 8 nitrogen and oxygen atoms in total. The van der Waals surface area contributed by atoms with Gasteiger partial charge >= 0.3 is 0 Å². The van der Waals surface area contributed by atoms with Gasteiger partial charge in [0.15, 0.2) is 5.82 Å². The Kier molecular flexibility index (Phi) is 5.92. The van der Waals surface area contributed by atoms with Gasteiger partial charge < -0.3 is 15.2 Å². The molecule has 0 bridgehead atoms. The predicted octanol–water partition coefficient (Wildman–Crippen LogP) is 3.59. The van der Waals surface area contributed by atoms with E-state index in [0.29, 0.717) is 24.2 Å². The van der Waals surface area contributed by atoms with Crippen molar-refractivity contribution < 1.29 is 18.5 Å². The first-order valence-electron chi connectivity index (χ1n) is 10.5. The molecule has 2 aromatic carbocycles. The summed E-state index contributed by atoms with van der Waals surface area (Å²) in [7, 11) is 0. The average molecular weight is 447 g/mol. The molecule has 9 heteroatoms. The predicted molar refractivity (Wildman–Crippen MR) is 117 cm³/mol. The summed E-state index contributed by atoms with van der Waals surface area (Å²) in [6, 6.07) is 13.6. The summed E-state index contributed by atoms with van der Waals surface area (Å²) in [6.45, 7) is 3.51. The zero-order chi connectivity index (χ0) is 23.6. The van der Waals surface area contributed by atoms with E-state index in [1.807, 2.05) is 31.2 Å². The number of carbonyl (C=O) groups excluding carboxylic acids is 2. The van der Waals surface area contributed by atoms with Crippen LogP contribution in [0.1, 0.15) is 43.6 Å². The summed E-state index contributed by atoms with van der Waals surface area (Å²) in [5.41, 5.74) is 1.51. The smallest absolute Gasteiger partial charge is 0.261 e. The van der Waals surface area contributed by atoms with Gasteiger partial charge in [0.2, 0.25) is 11.8 Å². The highest BCUT2D eigenvalue weighted by Crippen LogP contribution is 2.37. The minimum Gasteiger partial charge on any atom is -0.348 e. The van der Waals surface area contributed by atoms with E-state index in [1.54, 1.807) is 25.1 Å². The molecule has 1 saturated carbocycles. The standard InChI is InChI=1S/C24H22FN5O3/c1-14(27-23(32)24(11-12-24)29-20(31)10-13-26)16-6-8-17(9-7-16)18-4-3-5-19(25)21(18)22-28-15(2)30-33-22/h3-9,14H,10-12H2,1-2H3,(H,27,32)(H,29,31)/t14-/m1/s1. The Morgan fingerprint density at radius 3 is 2.58 bits per heavy atom. The van der Waals surface area contributed by atoms with E-state index in [-0.39, 0.29) is 29.8 Å². The van der Waals surface area contributed by atoms with Gasteiger partial charge in [-0.25, -0.2) is 4.39 Å². The summed E-state index contributed by atoms with van der Waals surface area (Å²) in [6.07, 6.45) is 0.801. The minimum atomic E-state index is -0.930. The van der Waals surface area contributed by atoms with E-state index in [2.05, 4.69) is 20.8 Å². The molecule has 3 aromatic rings. The van der Waals surface area contributed by atoms with Crippen LogP contribution in [-0.2, 0) is 9.59 Å². The molecule has 168 valence electrons. The van der Waals surface area contributed by atoms with Gasteiger partial charge in [0.1, 0.15) is 17.8 Å². The van der Waals surface area contributed by atoms with E-state index < -0.39 is 17.3 Å². The molecule has 4 rings (SSSR count). The Bertz CT molecular complexity index is 1240. The summed E-state index contributed by atoms with van der Waals surface area (Å²) in [5, 5.41) is 18.0. The van der Waals surface area contributed by atoms with Crippen LogP contribution in [0.2, 0.25) is 0 Å². The van der Waals surface area contributed by atoms with Crippen LogP contribution < -0.4 is 10.6 Å². The molecule has 0 aliphatic heterocycles. The Morgan fingerprint density at radius 1 is 1.24 bits per heavy atom. The Labute approximate surface area is 189 Å². The fourth-order valence-corrected chi connectivity index (χ4v) is 3.67. The molecule has 1 fully saturated rings. The Hall–Kier alpha value is -4.06. The monoisotopic (exact) mass is 447 g/mol. The summed E-state index contributed by atoms with van der Waals surface area (Å²) < 4.78 is 19.8. The lowest BCUT2D eigenvalue weighted by molar-refractivity contribution is -0.130. The number of benzene rings is 2. The molecule has 1 aliphatic rings. The van der Waals surface area contributed by atoms with Crippen molar-refractivity contribution in [1.82, 2.24) is 20.8 Å². The molecule has 0 radical (unpaired) electrons. The maximum Gasteiger partial charge on any atom is 0.261 e. The number of aromatic nitrogens is 2. The van der Waals surface area contributed by atoms with Crippen molar-refractivity contribution in [2.45, 2.75) is 44.7 Å². The molecule has 1 aromatic heterocycles. The zero-order valence-corrected chi connectivity index (χ0v) is 18.2. The van der Waals surface area contributed by atoms with Crippen LogP contribution in [0.5, 0.6) is 0 Å². The molecule has 0 saturated heterocycles. The van der Waals surface area contributed by atoms with Crippen LogP contribution in [0.15, 0.2) is 47.0 Å². The second-order valence-electron chi connectivity index (χ2n) is 8.09. The summed E-state index contributed by atoms with van der Waals surface area (Å²) >= 11 is 0. The number of aryl methyl sites for hydroxylation is 1. The van der Waals surface area contributed by atoms with Gasteiger partial charge in [-0.3, -0.25) is 9.59 Å². The highest BCUT2D eigenvalue weighted by atomic mass is 19.1. The number of halogens is 1. The largest absolute Gasteiger partial charge is 0.348 e. The molecule has 1 aliphatic carbocycles. The van der Waals surface area contributed by atoms with E-state index in [9.17, 15) is 14.0 Å². The molecule has 2 amide bonds. The lowest BCUT2D eigenvalue weighted by atomic mass is 9.97. The normalized spacial score (nSPS) is 14.7. The van der Waals surface area contributed by atoms with Gasteiger partial charge in [-0.1, -0.05) is 41.6 Å². The van der Waals surface area contributed by atoms with Crippen molar-refractivity contribution in [2.75, 3.05) is 0 Å². The topological polar surface area (TPSA) is 121 Å². The zero-order valence-electron chi connectivity index (χ0n) is 18.2. The van der Waals surface area contributed by atoms with Crippen LogP contribution in [0.4, 0.5) is 4.39 Å². The number of nitrogens with one attached hydrogen (secondary N) is 2. The Morgan fingerprint density at radius 2 is 1.97 bits per heavy atom. The van der Waals surface area contributed by atoms with Crippen molar-refractivity contribution in [3.63, 3.8) is 0 Å².